The van der Waals surface area contributed by atoms with E-state index >= 15 is 0 Å². The van der Waals surface area contributed by atoms with Crippen LogP contribution in [0.25, 0.3) is 0 Å². The molecule has 9 heteroatoms. The number of hydrogen-bond donors (Lipinski definition) is 3. The standard InChI is InChI=1S/C19H28ClN3O4S/c1-19(2,3)27-18(26)22-11-10-21-17(25)15(9-12-28-4)23-16(24)13-7-5-6-8-14(13)20/h5-8,15H,9-12H2,1-4H3,(H,21,25)(H,22,26)(H,23,24). The van der Waals surface area contributed by atoms with Crippen molar-refractivity contribution in [3.63, 3.8) is 0 Å². The van der Waals surface area contributed by atoms with E-state index in [0.29, 0.717) is 22.8 Å². The van der Waals surface area contributed by atoms with Gasteiger partial charge in [-0.25, -0.2) is 4.79 Å². The average molecular weight is 430 g/mol. The zero-order valence-corrected chi connectivity index (χ0v) is 18.2. The second-order valence-corrected chi connectivity index (χ2v) is 8.40. The fourth-order valence-electron chi connectivity index (χ4n) is 2.17. The molecule has 0 fully saturated rings. The minimum Gasteiger partial charge on any atom is -0.444 e. The number of nitrogens with one attached hydrogen (secondary N) is 3. The molecule has 1 unspecified atom stereocenters. The van der Waals surface area contributed by atoms with Crippen LogP contribution < -0.4 is 16.0 Å². The van der Waals surface area contributed by atoms with Crippen LogP contribution >= 0.6 is 23.4 Å². The molecule has 0 aliphatic rings. The van der Waals surface area contributed by atoms with Gasteiger partial charge in [-0.2, -0.15) is 11.8 Å². The van der Waals surface area contributed by atoms with E-state index in [4.69, 9.17) is 16.3 Å². The molecule has 0 radical (unpaired) electrons. The molecule has 28 heavy (non-hydrogen) atoms. The fraction of sp³-hybridized carbons (Fsp3) is 0.526. The molecule has 1 aromatic rings. The summed E-state index contributed by atoms with van der Waals surface area (Å²) in [6, 6.07) is 5.97. The van der Waals surface area contributed by atoms with E-state index in [1.165, 1.54) is 0 Å². The van der Waals surface area contributed by atoms with Crippen molar-refractivity contribution in [3.05, 3.63) is 34.9 Å². The molecule has 0 aliphatic carbocycles. The van der Waals surface area contributed by atoms with Gasteiger partial charge in [0.1, 0.15) is 11.6 Å². The van der Waals surface area contributed by atoms with Gasteiger partial charge in [-0.3, -0.25) is 9.59 Å². The minimum atomic E-state index is -0.697. The molecule has 3 N–H and O–H groups in total. The number of ether oxygens (including phenoxy) is 1. The lowest BCUT2D eigenvalue weighted by molar-refractivity contribution is -0.123. The molecule has 1 aromatic carbocycles. The van der Waals surface area contributed by atoms with E-state index in [0.717, 1.165) is 0 Å². The largest absolute Gasteiger partial charge is 0.444 e. The molecule has 0 heterocycles. The lowest BCUT2D eigenvalue weighted by atomic mass is 10.1. The quantitative estimate of drug-likeness (QED) is 0.524. The lowest BCUT2D eigenvalue weighted by Gasteiger charge is -2.20. The third kappa shape index (κ3) is 9.32. The maximum absolute atomic E-state index is 12.5. The van der Waals surface area contributed by atoms with Gasteiger partial charge >= 0.3 is 6.09 Å². The van der Waals surface area contributed by atoms with Gasteiger partial charge in [0.25, 0.3) is 5.91 Å². The third-order valence-electron chi connectivity index (χ3n) is 3.44. The molecule has 0 spiro atoms. The number of rotatable bonds is 9. The number of alkyl carbamates (subject to hydrolysis) is 1. The van der Waals surface area contributed by atoms with Gasteiger partial charge < -0.3 is 20.7 Å². The highest BCUT2D eigenvalue weighted by Crippen LogP contribution is 2.15. The van der Waals surface area contributed by atoms with Crippen LogP contribution in [0, 0.1) is 0 Å². The molecule has 0 aromatic heterocycles. The highest BCUT2D eigenvalue weighted by atomic mass is 35.5. The zero-order chi connectivity index (χ0) is 21.2. The van der Waals surface area contributed by atoms with Gasteiger partial charge in [-0.15, -0.1) is 0 Å². The summed E-state index contributed by atoms with van der Waals surface area (Å²) in [5.41, 5.74) is -0.267. The van der Waals surface area contributed by atoms with Crippen LogP contribution in [0.15, 0.2) is 24.3 Å². The highest BCUT2D eigenvalue weighted by molar-refractivity contribution is 7.98. The number of benzene rings is 1. The highest BCUT2D eigenvalue weighted by Gasteiger charge is 2.22. The van der Waals surface area contributed by atoms with Crippen LogP contribution in [0.3, 0.4) is 0 Å². The van der Waals surface area contributed by atoms with Crippen molar-refractivity contribution >= 4 is 41.3 Å². The molecule has 0 saturated carbocycles. The average Bonchev–Trinajstić information content (AvgIpc) is 2.60. The van der Waals surface area contributed by atoms with Crippen LogP contribution in [-0.4, -0.2) is 54.6 Å². The molecule has 1 rings (SSSR count). The van der Waals surface area contributed by atoms with Gasteiger partial charge in [0.15, 0.2) is 0 Å². The molecule has 3 amide bonds. The number of thioether (sulfide) groups is 1. The summed E-state index contributed by atoms with van der Waals surface area (Å²) in [5, 5.41) is 8.33. The summed E-state index contributed by atoms with van der Waals surface area (Å²) in [6.07, 6.45) is 1.85. The molecule has 0 saturated heterocycles. The van der Waals surface area contributed by atoms with E-state index in [2.05, 4.69) is 16.0 Å². The first kappa shape index (κ1) is 24.1. The molecule has 0 aliphatic heterocycles. The van der Waals surface area contributed by atoms with Crippen LogP contribution in [0.2, 0.25) is 5.02 Å². The van der Waals surface area contributed by atoms with Crippen molar-refractivity contribution in [1.82, 2.24) is 16.0 Å². The molecule has 7 nitrogen and oxygen atoms in total. The number of carbonyl (C=O) groups excluding carboxylic acids is 3. The van der Waals surface area contributed by atoms with Crippen molar-refractivity contribution in [1.29, 1.82) is 0 Å². The number of amides is 3. The van der Waals surface area contributed by atoms with Gasteiger partial charge in [0.05, 0.1) is 10.6 Å². The predicted octanol–water partition coefficient (Wildman–Crippen LogP) is 2.83. The summed E-state index contributed by atoms with van der Waals surface area (Å²) in [6.45, 7) is 5.75. The Morgan fingerprint density at radius 1 is 1.14 bits per heavy atom. The summed E-state index contributed by atoms with van der Waals surface area (Å²) >= 11 is 7.63. The van der Waals surface area contributed by atoms with E-state index < -0.39 is 23.6 Å². The number of carbonyl (C=O) groups is 3. The first-order chi connectivity index (χ1) is 13.1. The van der Waals surface area contributed by atoms with Gasteiger partial charge in [-0.1, -0.05) is 23.7 Å². The topological polar surface area (TPSA) is 96.5 Å². The summed E-state index contributed by atoms with van der Waals surface area (Å²) in [5.74, 6) is -0.0176. The predicted molar refractivity (Wildman–Crippen MR) is 113 cm³/mol. The Kier molecular flexibility index (Phi) is 10.2. The molecule has 1 atom stereocenters. The van der Waals surface area contributed by atoms with E-state index in [9.17, 15) is 14.4 Å². The Morgan fingerprint density at radius 3 is 2.39 bits per heavy atom. The van der Waals surface area contributed by atoms with Crippen molar-refractivity contribution < 1.29 is 19.1 Å². The van der Waals surface area contributed by atoms with Gasteiger partial charge in [0.2, 0.25) is 5.91 Å². The van der Waals surface area contributed by atoms with Gasteiger partial charge in [-0.05, 0) is 51.3 Å². The first-order valence-electron chi connectivity index (χ1n) is 8.93. The van der Waals surface area contributed by atoms with Crippen molar-refractivity contribution in [2.75, 3.05) is 25.1 Å². The minimum absolute atomic E-state index is 0.217. The normalized spacial score (nSPS) is 12.0. The Bertz CT molecular complexity index is 679. The second-order valence-electron chi connectivity index (χ2n) is 7.01. The maximum atomic E-state index is 12.5. The van der Waals surface area contributed by atoms with Crippen molar-refractivity contribution in [2.24, 2.45) is 0 Å². The number of halogens is 1. The second kappa shape index (κ2) is 11.8. The Labute approximate surface area is 175 Å². The summed E-state index contributed by atoms with van der Waals surface area (Å²) in [4.78, 5) is 36.5. The van der Waals surface area contributed by atoms with Crippen LogP contribution in [0.1, 0.15) is 37.6 Å². The summed E-state index contributed by atoms with van der Waals surface area (Å²) < 4.78 is 5.12. The Balaban J connectivity index is 2.54. The Hall–Kier alpha value is -1.93. The van der Waals surface area contributed by atoms with E-state index in [-0.39, 0.29) is 19.0 Å². The zero-order valence-electron chi connectivity index (χ0n) is 16.6. The SMILES string of the molecule is CSCCC(NC(=O)c1ccccc1Cl)C(=O)NCCNC(=O)OC(C)(C)C. The fourth-order valence-corrected chi connectivity index (χ4v) is 2.87. The molecular weight excluding hydrogens is 402 g/mol. The van der Waals surface area contributed by atoms with Crippen LogP contribution in [0.5, 0.6) is 0 Å². The number of hydrogen-bond acceptors (Lipinski definition) is 5. The Morgan fingerprint density at radius 2 is 1.79 bits per heavy atom. The lowest BCUT2D eigenvalue weighted by Crippen LogP contribution is -2.48. The first-order valence-corrected chi connectivity index (χ1v) is 10.7. The molecular formula is C19H28ClN3O4S. The molecule has 0 bridgehead atoms. The molecule has 156 valence electrons. The van der Waals surface area contributed by atoms with E-state index in [1.54, 1.807) is 56.8 Å². The van der Waals surface area contributed by atoms with Crippen molar-refractivity contribution in [2.45, 2.75) is 38.8 Å². The third-order valence-corrected chi connectivity index (χ3v) is 4.42. The maximum Gasteiger partial charge on any atom is 0.407 e. The van der Waals surface area contributed by atoms with Gasteiger partial charge in [0, 0.05) is 13.1 Å². The van der Waals surface area contributed by atoms with Crippen molar-refractivity contribution in [3.8, 4) is 0 Å². The summed E-state index contributed by atoms with van der Waals surface area (Å²) in [7, 11) is 0. The monoisotopic (exact) mass is 429 g/mol. The van der Waals surface area contributed by atoms with Crippen LogP contribution in [0.4, 0.5) is 4.79 Å². The van der Waals surface area contributed by atoms with Crippen LogP contribution in [-0.2, 0) is 9.53 Å². The smallest absolute Gasteiger partial charge is 0.407 e. The van der Waals surface area contributed by atoms with E-state index in [1.807, 2.05) is 6.26 Å².